The summed E-state index contributed by atoms with van der Waals surface area (Å²) in [6.07, 6.45) is 9.00. The number of hydrogen-bond acceptors (Lipinski definition) is 2. The highest BCUT2D eigenvalue weighted by atomic mass is 19.1. The minimum atomic E-state index is -0.536. The van der Waals surface area contributed by atoms with Gasteiger partial charge in [0, 0.05) is 6.21 Å². The summed E-state index contributed by atoms with van der Waals surface area (Å²) in [5.74, 6) is -0.697. The van der Waals surface area contributed by atoms with Crippen LogP contribution in [0.3, 0.4) is 0 Å². The van der Waals surface area contributed by atoms with Gasteiger partial charge in [0.05, 0.1) is 5.56 Å². The number of hydrogen-bond donors (Lipinski definition) is 1. The van der Waals surface area contributed by atoms with Crippen molar-refractivity contribution in [3.05, 3.63) is 47.8 Å². The Labute approximate surface area is 105 Å². The molecule has 4 heteroatoms. The van der Waals surface area contributed by atoms with Crippen molar-refractivity contribution in [3.63, 3.8) is 0 Å². The Morgan fingerprint density at radius 3 is 2.94 bits per heavy atom. The summed E-state index contributed by atoms with van der Waals surface area (Å²) >= 11 is 0. The van der Waals surface area contributed by atoms with E-state index in [-0.39, 0.29) is 5.56 Å². The van der Waals surface area contributed by atoms with Gasteiger partial charge in [-0.25, -0.2) is 9.82 Å². The van der Waals surface area contributed by atoms with Gasteiger partial charge in [0.15, 0.2) is 0 Å². The number of carbonyl (C=O) groups is 1. The average Bonchev–Trinajstić information content (AvgIpc) is 2.40. The van der Waals surface area contributed by atoms with Crippen LogP contribution in [0.2, 0.25) is 0 Å². The fourth-order valence-electron chi connectivity index (χ4n) is 1.86. The van der Waals surface area contributed by atoms with Gasteiger partial charge in [-0.1, -0.05) is 24.3 Å². The van der Waals surface area contributed by atoms with Crippen molar-refractivity contribution in [2.45, 2.75) is 19.3 Å². The number of halogens is 1. The molecule has 0 saturated heterocycles. The fourth-order valence-corrected chi connectivity index (χ4v) is 1.86. The van der Waals surface area contributed by atoms with Crippen LogP contribution in [-0.2, 0) is 0 Å². The third kappa shape index (κ3) is 3.26. The molecule has 1 aromatic rings. The predicted octanol–water partition coefficient (Wildman–Crippen LogP) is 2.90. The summed E-state index contributed by atoms with van der Waals surface area (Å²) in [5.41, 5.74) is 2.37. The first-order valence-electron chi connectivity index (χ1n) is 6.00. The average molecular weight is 246 g/mol. The molecule has 0 unspecified atom stereocenters. The number of allylic oxidation sites excluding steroid dienone is 2. The van der Waals surface area contributed by atoms with Gasteiger partial charge in [-0.2, -0.15) is 5.10 Å². The lowest BCUT2D eigenvalue weighted by Gasteiger charge is -2.11. The van der Waals surface area contributed by atoms with Gasteiger partial charge in [-0.05, 0) is 37.3 Å². The van der Waals surface area contributed by atoms with Gasteiger partial charge in [0.1, 0.15) is 5.82 Å². The maximum atomic E-state index is 13.3. The Hall–Kier alpha value is -1.97. The van der Waals surface area contributed by atoms with Crippen LogP contribution < -0.4 is 5.43 Å². The molecule has 1 amide bonds. The van der Waals surface area contributed by atoms with E-state index in [1.807, 2.05) is 0 Å². The highest BCUT2D eigenvalue weighted by Crippen LogP contribution is 2.15. The molecule has 0 aliphatic heterocycles. The second-order valence-electron chi connectivity index (χ2n) is 4.24. The van der Waals surface area contributed by atoms with Crippen molar-refractivity contribution >= 4 is 12.1 Å². The van der Waals surface area contributed by atoms with Gasteiger partial charge in [-0.3, -0.25) is 4.79 Å². The Morgan fingerprint density at radius 1 is 1.39 bits per heavy atom. The lowest BCUT2D eigenvalue weighted by Crippen LogP contribution is -2.20. The molecule has 0 radical (unpaired) electrons. The number of benzene rings is 1. The Balaban J connectivity index is 1.90. The number of amides is 1. The van der Waals surface area contributed by atoms with Gasteiger partial charge in [0.2, 0.25) is 0 Å². The number of carbonyl (C=O) groups excluding carboxylic acids is 1. The van der Waals surface area contributed by atoms with Crippen molar-refractivity contribution in [2.24, 2.45) is 11.0 Å². The molecule has 0 aromatic heterocycles. The van der Waals surface area contributed by atoms with E-state index in [1.54, 1.807) is 18.3 Å². The van der Waals surface area contributed by atoms with E-state index in [1.165, 1.54) is 12.1 Å². The van der Waals surface area contributed by atoms with Crippen molar-refractivity contribution in [2.75, 3.05) is 0 Å². The lowest BCUT2D eigenvalue weighted by molar-refractivity contribution is 0.0951. The predicted molar refractivity (Wildman–Crippen MR) is 68.8 cm³/mol. The summed E-state index contributed by atoms with van der Waals surface area (Å²) in [6.45, 7) is 0. The molecule has 1 N–H and O–H groups in total. The highest BCUT2D eigenvalue weighted by Gasteiger charge is 2.10. The minimum absolute atomic E-state index is 0.0122. The third-order valence-electron chi connectivity index (χ3n) is 2.88. The Morgan fingerprint density at radius 2 is 2.22 bits per heavy atom. The Bertz CT molecular complexity index is 482. The Kier molecular flexibility index (Phi) is 4.23. The van der Waals surface area contributed by atoms with E-state index in [0.717, 1.165) is 19.3 Å². The van der Waals surface area contributed by atoms with E-state index in [0.29, 0.717) is 5.92 Å². The van der Waals surface area contributed by atoms with Crippen molar-refractivity contribution in [3.8, 4) is 0 Å². The van der Waals surface area contributed by atoms with E-state index in [4.69, 9.17) is 0 Å². The molecule has 0 heterocycles. The zero-order valence-corrected chi connectivity index (χ0v) is 9.97. The molecule has 2 rings (SSSR count). The minimum Gasteiger partial charge on any atom is -0.267 e. The summed E-state index contributed by atoms with van der Waals surface area (Å²) in [5, 5.41) is 3.89. The van der Waals surface area contributed by atoms with E-state index >= 15 is 0 Å². The lowest BCUT2D eigenvalue weighted by atomic mass is 9.96. The first-order valence-corrected chi connectivity index (χ1v) is 6.00. The number of nitrogens with zero attached hydrogens (tertiary/aromatic N) is 1. The molecule has 0 fully saturated rings. The largest absolute Gasteiger partial charge is 0.274 e. The van der Waals surface area contributed by atoms with Crippen LogP contribution in [0, 0.1) is 11.7 Å². The quantitative estimate of drug-likeness (QED) is 0.497. The van der Waals surface area contributed by atoms with Crippen LogP contribution in [0.5, 0.6) is 0 Å². The summed E-state index contributed by atoms with van der Waals surface area (Å²) < 4.78 is 13.3. The van der Waals surface area contributed by atoms with Crippen molar-refractivity contribution in [1.29, 1.82) is 0 Å². The molecular formula is C14H15FN2O. The SMILES string of the molecule is O=C(NN=C[C@H]1CC=CCC1)c1ccccc1F. The molecular weight excluding hydrogens is 231 g/mol. The molecule has 94 valence electrons. The molecule has 1 aliphatic carbocycles. The maximum absolute atomic E-state index is 13.3. The second-order valence-corrected chi connectivity index (χ2v) is 4.24. The van der Waals surface area contributed by atoms with Crippen LogP contribution >= 0.6 is 0 Å². The van der Waals surface area contributed by atoms with Crippen LogP contribution in [0.15, 0.2) is 41.5 Å². The molecule has 1 atom stereocenters. The standard InChI is InChI=1S/C14H15FN2O/c15-13-9-5-4-8-12(13)14(18)17-16-10-11-6-2-1-3-7-11/h1-2,4-5,8-11H,3,6-7H2,(H,17,18)/t11-/m0/s1. The first-order chi connectivity index (χ1) is 8.77. The molecule has 18 heavy (non-hydrogen) atoms. The van der Waals surface area contributed by atoms with E-state index < -0.39 is 11.7 Å². The molecule has 0 spiro atoms. The molecule has 0 saturated carbocycles. The molecule has 0 bridgehead atoms. The zero-order valence-electron chi connectivity index (χ0n) is 9.97. The number of hydrazone groups is 1. The van der Waals surface area contributed by atoms with Crippen LogP contribution in [0.25, 0.3) is 0 Å². The monoisotopic (exact) mass is 246 g/mol. The van der Waals surface area contributed by atoms with Crippen LogP contribution in [0.1, 0.15) is 29.6 Å². The number of nitrogens with one attached hydrogen (secondary N) is 1. The topological polar surface area (TPSA) is 41.5 Å². The normalized spacial score (nSPS) is 19.1. The van der Waals surface area contributed by atoms with Gasteiger partial charge in [0.25, 0.3) is 5.91 Å². The molecule has 1 aromatic carbocycles. The zero-order chi connectivity index (χ0) is 12.8. The fraction of sp³-hybridized carbons (Fsp3) is 0.286. The number of rotatable bonds is 3. The van der Waals surface area contributed by atoms with E-state index in [2.05, 4.69) is 22.7 Å². The first kappa shape index (κ1) is 12.5. The summed E-state index contributed by atoms with van der Waals surface area (Å²) in [4.78, 5) is 11.6. The third-order valence-corrected chi connectivity index (χ3v) is 2.88. The van der Waals surface area contributed by atoms with Crippen molar-refractivity contribution < 1.29 is 9.18 Å². The van der Waals surface area contributed by atoms with E-state index in [9.17, 15) is 9.18 Å². The molecule has 3 nitrogen and oxygen atoms in total. The van der Waals surface area contributed by atoms with Gasteiger partial charge < -0.3 is 0 Å². The van der Waals surface area contributed by atoms with Crippen LogP contribution in [-0.4, -0.2) is 12.1 Å². The second kappa shape index (κ2) is 6.10. The maximum Gasteiger partial charge on any atom is 0.274 e. The highest BCUT2D eigenvalue weighted by molar-refractivity contribution is 5.94. The van der Waals surface area contributed by atoms with Gasteiger partial charge in [-0.15, -0.1) is 0 Å². The van der Waals surface area contributed by atoms with Crippen molar-refractivity contribution in [1.82, 2.24) is 5.43 Å². The van der Waals surface area contributed by atoms with Gasteiger partial charge >= 0.3 is 0 Å². The summed E-state index contributed by atoms with van der Waals surface area (Å²) in [6, 6.07) is 5.85. The van der Waals surface area contributed by atoms with Crippen LogP contribution in [0.4, 0.5) is 4.39 Å². The smallest absolute Gasteiger partial charge is 0.267 e. The molecule has 1 aliphatic rings. The summed E-state index contributed by atoms with van der Waals surface area (Å²) in [7, 11) is 0.